The van der Waals surface area contributed by atoms with E-state index in [0.717, 1.165) is 11.1 Å². The van der Waals surface area contributed by atoms with Crippen molar-refractivity contribution in [3.8, 4) is 0 Å². The van der Waals surface area contributed by atoms with Crippen molar-refractivity contribution in [2.45, 2.75) is 18.4 Å². The summed E-state index contributed by atoms with van der Waals surface area (Å²) in [5.74, 6) is -0.410. The Bertz CT molecular complexity index is 1150. The molecule has 0 unspecified atom stereocenters. The fourth-order valence-corrected chi connectivity index (χ4v) is 4.45. The van der Waals surface area contributed by atoms with Crippen molar-refractivity contribution >= 4 is 33.2 Å². The number of nitrogens with one attached hydrogen (secondary N) is 2. The van der Waals surface area contributed by atoms with Crippen LogP contribution >= 0.6 is 11.6 Å². The number of carbonyl (C=O) groups excluding carboxylic acids is 1. The van der Waals surface area contributed by atoms with Crippen LogP contribution in [0.15, 0.2) is 77.7 Å². The topological polar surface area (TPSA) is 84.5 Å². The zero-order valence-electron chi connectivity index (χ0n) is 17.0. The largest absolute Gasteiger partial charge is 0.375 e. The summed E-state index contributed by atoms with van der Waals surface area (Å²) in [6.07, 6.45) is 0. The Kier molecular flexibility index (Phi) is 7.68. The molecular formula is C23H23ClN2O4S. The number of hydrogen-bond donors (Lipinski definition) is 2. The van der Waals surface area contributed by atoms with Crippen LogP contribution in [0.25, 0.3) is 0 Å². The Morgan fingerprint density at radius 2 is 1.77 bits per heavy atom. The molecule has 2 N–H and O–H groups in total. The van der Waals surface area contributed by atoms with Crippen LogP contribution in [0.2, 0.25) is 5.02 Å². The Morgan fingerprint density at radius 3 is 2.52 bits per heavy atom. The first kappa shape index (κ1) is 22.8. The molecule has 0 fully saturated rings. The Morgan fingerprint density at radius 1 is 1.00 bits per heavy atom. The van der Waals surface area contributed by atoms with E-state index in [1.54, 1.807) is 18.2 Å². The van der Waals surface area contributed by atoms with Gasteiger partial charge in [-0.2, -0.15) is 0 Å². The second-order valence-corrected chi connectivity index (χ2v) is 8.97. The van der Waals surface area contributed by atoms with E-state index in [2.05, 4.69) is 10.0 Å². The molecule has 3 aromatic rings. The van der Waals surface area contributed by atoms with Crippen LogP contribution in [0.5, 0.6) is 0 Å². The maximum atomic E-state index is 12.8. The minimum atomic E-state index is -3.96. The second kappa shape index (κ2) is 10.4. The molecule has 0 heterocycles. The first-order valence-electron chi connectivity index (χ1n) is 9.64. The fraction of sp³-hybridized carbons (Fsp3) is 0.174. The van der Waals surface area contributed by atoms with Crippen LogP contribution in [0, 0.1) is 6.92 Å². The highest BCUT2D eigenvalue weighted by Crippen LogP contribution is 2.25. The third kappa shape index (κ3) is 6.55. The monoisotopic (exact) mass is 458 g/mol. The number of amides is 1. The smallest absolute Gasteiger partial charge is 0.263 e. The van der Waals surface area contributed by atoms with Crippen LogP contribution in [0.1, 0.15) is 21.5 Å². The van der Waals surface area contributed by atoms with Gasteiger partial charge in [-0.05, 0) is 48.4 Å². The Balaban J connectivity index is 1.61. The summed E-state index contributed by atoms with van der Waals surface area (Å²) in [6, 6.07) is 20.8. The van der Waals surface area contributed by atoms with Gasteiger partial charge in [-0.3, -0.25) is 9.52 Å². The van der Waals surface area contributed by atoms with Crippen molar-refractivity contribution in [1.29, 1.82) is 0 Å². The molecule has 0 aliphatic rings. The van der Waals surface area contributed by atoms with Gasteiger partial charge >= 0.3 is 0 Å². The average Bonchev–Trinajstić information content (AvgIpc) is 2.74. The highest BCUT2D eigenvalue weighted by Gasteiger charge is 2.20. The van der Waals surface area contributed by atoms with Gasteiger partial charge in [-0.25, -0.2) is 8.42 Å². The molecule has 3 aromatic carbocycles. The van der Waals surface area contributed by atoms with Gasteiger partial charge in [0.15, 0.2) is 0 Å². The molecule has 0 aliphatic carbocycles. The number of sulfonamides is 1. The van der Waals surface area contributed by atoms with Crippen molar-refractivity contribution in [1.82, 2.24) is 5.32 Å². The minimum Gasteiger partial charge on any atom is -0.375 e. The molecule has 0 spiro atoms. The third-order valence-corrected chi connectivity index (χ3v) is 6.26. The van der Waals surface area contributed by atoms with Crippen LogP contribution in [0.4, 0.5) is 5.69 Å². The molecule has 1 amide bonds. The molecule has 162 valence electrons. The number of hydrogen-bond acceptors (Lipinski definition) is 4. The van der Waals surface area contributed by atoms with Crippen LogP contribution < -0.4 is 10.0 Å². The number of halogens is 1. The van der Waals surface area contributed by atoms with E-state index in [9.17, 15) is 13.2 Å². The fourth-order valence-electron chi connectivity index (χ4n) is 2.87. The Hall–Kier alpha value is -2.87. The van der Waals surface area contributed by atoms with Crippen molar-refractivity contribution in [2.24, 2.45) is 0 Å². The summed E-state index contributed by atoms with van der Waals surface area (Å²) < 4.78 is 33.6. The SMILES string of the molecule is Cc1cccc(NS(=O)(=O)c2cc(C(=O)NCCOCc3ccccc3)ccc2Cl)c1. The number of rotatable bonds is 9. The van der Waals surface area contributed by atoms with Gasteiger partial charge in [0.2, 0.25) is 0 Å². The van der Waals surface area contributed by atoms with Crippen molar-refractivity contribution < 1.29 is 17.9 Å². The van der Waals surface area contributed by atoms with E-state index in [1.165, 1.54) is 18.2 Å². The number of carbonyl (C=O) groups is 1. The van der Waals surface area contributed by atoms with Crippen LogP contribution in [-0.2, 0) is 21.4 Å². The number of ether oxygens (including phenoxy) is 1. The predicted octanol–water partition coefficient (Wildman–Crippen LogP) is 4.40. The van der Waals surface area contributed by atoms with E-state index < -0.39 is 15.9 Å². The summed E-state index contributed by atoms with van der Waals surface area (Å²) in [5, 5.41) is 2.75. The molecule has 0 bridgehead atoms. The normalized spacial score (nSPS) is 11.2. The minimum absolute atomic E-state index is 0.0305. The summed E-state index contributed by atoms with van der Waals surface area (Å²) in [5.41, 5.74) is 2.56. The van der Waals surface area contributed by atoms with Gasteiger partial charge in [0, 0.05) is 17.8 Å². The summed E-state index contributed by atoms with van der Waals surface area (Å²) in [6.45, 7) is 2.93. The molecule has 6 nitrogen and oxygen atoms in total. The van der Waals surface area contributed by atoms with Crippen molar-refractivity contribution in [2.75, 3.05) is 17.9 Å². The van der Waals surface area contributed by atoms with Gasteiger partial charge in [0.05, 0.1) is 18.2 Å². The van der Waals surface area contributed by atoms with E-state index >= 15 is 0 Å². The zero-order chi connectivity index (χ0) is 22.3. The average molecular weight is 459 g/mol. The van der Waals surface area contributed by atoms with Crippen molar-refractivity contribution in [3.05, 3.63) is 94.5 Å². The first-order chi connectivity index (χ1) is 14.8. The van der Waals surface area contributed by atoms with Crippen LogP contribution in [0.3, 0.4) is 0 Å². The Labute approximate surface area is 187 Å². The van der Waals surface area contributed by atoms with Crippen LogP contribution in [-0.4, -0.2) is 27.5 Å². The molecule has 31 heavy (non-hydrogen) atoms. The number of benzene rings is 3. The maximum Gasteiger partial charge on any atom is 0.263 e. The lowest BCUT2D eigenvalue weighted by Gasteiger charge is -2.12. The third-order valence-electron chi connectivity index (χ3n) is 4.40. The van der Waals surface area contributed by atoms with Gasteiger partial charge < -0.3 is 10.1 Å². The standard InChI is InChI=1S/C23H23ClN2O4S/c1-17-6-5-9-20(14-17)26-31(28,29)22-15-19(10-11-21(22)24)23(27)25-12-13-30-16-18-7-3-2-4-8-18/h2-11,14-15,26H,12-13,16H2,1H3,(H,25,27). The summed E-state index contributed by atoms with van der Waals surface area (Å²) in [4.78, 5) is 12.3. The van der Waals surface area contributed by atoms with Gasteiger partial charge in [0.1, 0.15) is 4.90 Å². The first-order valence-corrected chi connectivity index (χ1v) is 11.5. The predicted molar refractivity (Wildman–Crippen MR) is 122 cm³/mol. The number of anilines is 1. The van der Waals surface area contributed by atoms with E-state index in [0.29, 0.717) is 18.9 Å². The molecule has 0 aromatic heterocycles. The quantitative estimate of drug-likeness (QED) is 0.465. The molecule has 0 atom stereocenters. The molecule has 0 radical (unpaired) electrons. The van der Waals surface area contributed by atoms with Gasteiger partial charge in [-0.1, -0.05) is 54.1 Å². The van der Waals surface area contributed by atoms with E-state index in [1.807, 2.05) is 43.3 Å². The lowest BCUT2D eigenvalue weighted by Crippen LogP contribution is -2.27. The second-order valence-electron chi connectivity index (χ2n) is 6.91. The lowest BCUT2D eigenvalue weighted by molar-refractivity contribution is 0.0900. The van der Waals surface area contributed by atoms with Crippen molar-refractivity contribution in [3.63, 3.8) is 0 Å². The van der Waals surface area contributed by atoms with E-state index in [-0.39, 0.29) is 22.0 Å². The molecule has 0 saturated heterocycles. The maximum absolute atomic E-state index is 12.8. The molecule has 3 rings (SSSR count). The molecular weight excluding hydrogens is 436 g/mol. The van der Waals surface area contributed by atoms with Gasteiger partial charge in [0.25, 0.3) is 15.9 Å². The van der Waals surface area contributed by atoms with E-state index in [4.69, 9.17) is 16.3 Å². The highest BCUT2D eigenvalue weighted by atomic mass is 35.5. The number of aryl methyl sites for hydroxylation is 1. The molecule has 0 saturated carbocycles. The summed E-state index contributed by atoms with van der Waals surface area (Å²) >= 11 is 6.12. The lowest BCUT2D eigenvalue weighted by atomic mass is 10.2. The molecule has 0 aliphatic heterocycles. The highest BCUT2D eigenvalue weighted by molar-refractivity contribution is 7.92. The molecule has 8 heteroatoms. The summed E-state index contributed by atoms with van der Waals surface area (Å²) in [7, 11) is -3.96. The zero-order valence-corrected chi connectivity index (χ0v) is 18.5. The van der Waals surface area contributed by atoms with Gasteiger partial charge in [-0.15, -0.1) is 0 Å².